The number of aromatic nitrogens is 2. The third kappa shape index (κ3) is 3.82. The summed E-state index contributed by atoms with van der Waals surface area (Å²) in [6.07, 6.45) is 3.08. The van der Waals surface area contributed by atoms with Crippen LogP contribution in [0.1, 0.15) is 12.8 Å². The zero-order valence-electron chi connectivity index (χ0n) is 16.3. The quantitative estimate of drug-likeness (QED) is 0.711. The van der Waals surface area contributed by atoms with Gasteiger partial charge in [-0.15, -0.1) is 11.3 Å². The largest absolute Gasteiger partial charge is 0.331 e. The smallest absolute Gasteiger partial charge is 0.319 e. The number of hydrogen-bond donors (Lipinski definition) is 1. The Balaban J connectivity index is 1.53. The second kappa shape index (κ2) is 7.82. The highest BCUT2D eigenvalue weighted by molar-refractivity contribution is 7.15. The monoisotopic (exact) mass is 415 g/mol. The van der Waals surface area contributed by atoms with E-state index in [9.17, 15) is 14.0 Å². The van der Waals surface area contributed by atoms with E-state index in [2.05, 4.69) is 10.3 Å². The molecule has 4 rings (SSSR count). The summed E-state index contributed by atoms with van der Waals surface area (Å²) in [5.74, 6) is 0.00817. The van der Waals surface area contributed by atoms with E-state index in [1.165, 1.54) is 23.5 Å². The number of carbonyl (C=O) groups is 2. The number of piperidine rings is 1. The summed E-state index contributed by atoms with van der Waals surface area (Å²) in [4.78, 5) is 33.7. The summed E-state index contributed by atoms with van der Waals surface area (Å²) in [6, 6.07) is 6.04. The topological polar surface area (TPSA) is 70.0 Å². The third-order valence-corrected chi connectivity index (χ3v) is 5.90. The van der Waals surface area contributed by atoms with Crippen LogP contribution in [0.5, 0.6) is 0 Å². The molecule has 0 unspecified atom stereocenters. The number of nitrogens with one attached hydrogen (secondary N) is 1. The minimum atomic E-state index is -0.320. The van der Waals surface area contributed by atoms with Crippen molar-refractivity contribution < 1.29 is 14.0 Å². The van der Waals surface area contributed by atoms with Crippen molar-refractivity contribution in [3.05, 3.63) is 41.7 Å². The summed E-state index contributed by atoms with van der Waals surface area (Å²) >= 11 is 1.47. The molecular weight excluding hydrogens is 393 g/mol. The molecule has 0 spiro atoms. The van der Waals surface area contributed by atoms with Gasteiger partial charge in [0, 0.05) is 50.2 Å². The second-order valence-electron chi connectivity index (χ2n) is 7.30. The Morgan fingerprint density at radius 1 is 1.21 bits per heavy atom. The van der Waals surface area contributed by atoms with Crippen molar-refractivity contribution in [1.82, 2.24) is 19.2 Å². The van der Waals surface area contributed by atoms with Crippen LogP contribution in [0.2, 0.25) is 0 Å². The highest BCUT2D eigenvalue weighted by atomic mass is 32.1. The second-order valence-corrected chi connectivity index (χ2v) is 8.17. The Bertz CT molecular complexity index is 1040. The van der Waals surface area contributed by atoms with Gasteiger partial charge in [0.25, 0.3) is 0 Å². The van der Waals surface area contributed by atoms with Crippen LogP contribution in [0.4, 0.5) is 15.0 Å². The van der Waals surface area contributed by atoms with Crippen molar-refractivity contribution >= 4 is 34.1 Å². The predicted molar refractivity (Wildman–Crippen MR) is 110 cm³/mol. The van der Waals surface area contributed by atoms with E-state index in [1.807, 2.05) is 16.0 Å². The molecule has 0 saturated carbocycles. The lowest BCUT2D eigenvalue weighted by molar-refractivity contribution is -0.121. The minimum absolute atomic E-state index is 0.0294. The molecule has 1 aliphatic heterocycles. The van der Waals surface area contributed by atoms with Gasteiger partial charge in [0.1, 0.15) is 17.3 Å². The SMILES string of the molecule is CN(C)C(=O)N1CCC(C(=O)Nc2c(-c3ccc(F)cc3)nc3sccn23)CC1. The number of carbonyl (C=O) groups excluding carboxylic acids is 2. The first-order chi connectivity index (χ1) is 13.9. The van der Waals surface area contributed by atoms with Gasteiger partial charge in [-0.1, -0.05) is 0 Å². The third-order valence-electron chi connectivity index (χ3n) is 5.14. The molecule has 29 heavy (non-hydrogen) atoms. The molecule has 0 radical (unpaired) electrons. The van der Waals surface area contributed by atoms with E-state index < -0.39 is 0 Å². The van der Waals surface area contributed by atoms with Gasteiger partial charge in [0.2, 0.25) is 5.91 Å². The molecule has 1 N–H and O–H groups in total. The highest BCUT2D eigenvalue weighted by Crippen LogP contribution is 2.32. The normalized spacial score (nSPS) is 14.9. The summed E-state index contributed by atoms with van der Waals surface area (Å²) in [5.41, 5.74) is 1.36. The van der Waals surface area contributed by atoms with Crippen LogP contribution >= 0.6 is 11.3 Å². The Labute approximate surface area is 171 Å². The Kier molecular flexibility index (Phi) is 5.23. The number of imidazole rings is 1. The standard InChI is InChI=1S/C20H22FN5O2S/c1-24(2)20(28)25-9-7-14(8-10-25)18(27)23-17-16(13-3-5-15(21)6-4-13)22-19-26(17)11-12-29-19/h3-6,11-12,14H,7-10H2,1-2H3,(H,23,27). The van der Waals surface area contributed by atoms with Crippen molar-refractivity contribution in [3.63, 3.8) is 0 Å². The fraction of sp³-hybridized carbons (Fsp3) is 0.350. The fourth-order valence-corrected chi connectivity index (χ4v) is 4.26. The van der Waals surface area contributed by atoms with Gasteiger partial charge >= 0.3 is 6.03 Å². The first kappa shape index (κ1) is 19.4. The summed E-state index contributed by atoms with van der Waals surface area (Å²) in [5, 5.41) is 4.93. The number of nitrogens with zero attached hydrogens (tertiary/aromatic N) is 4. The van der Waals surface area contributed by atoms with Gasteiger partial charge in [0.15, 0.2) is 4.96 Å². The highest BCUT2D eigenvalue weighted by Gasteiger charge is 2.29. The molecule has 1 fully saturated rings. The van der Waals surface area contributed by atoms with E-state index in [0.717, 1.165) is 10.5 Å². The van der Waals surface area contributed by atoms with Crippen molar-refractivity contribution in [2.24, 2.45) is 5.92 Å². The number of anilines is 1. The number of thiazole rings is 1. The van der Waals surface area contributed by atoms with E-state index in [0.29, 0.717) is 37.4 Å². The molecule has 0 aliphatic carbocycles. The van der Waals surface area contributed by atoms with Crippen LogP contribution in [0.3, 0.4) is 0 Å². The molecular formula is C20H22FN5O2S. The average Bonchev–Trinajstić information content (AvgIpc) is 3.31. The number of halogens is 1. The zero-order chi connectivity index (χ0) is 20.5. The van der Waals surface area contributed by atoms with Crippen molar-refractivity contribution in [3.8, 4) is 11.3 Å². The van der Waals surface area contributed by atoms with E-state index in [1.54, 1.807) is 36.0 Å². The zero-order valence-corrected chi connectivity index (χ0v) is 17.1. The van der Waals surface area contributed by atoms with Crippen LogP contribution in [0.15, 0.2) is 35.8 Å². The van der Waals surface area contributed by atoms with Gasteiger partial charge in [0.05, 0.1) is 0 Å². The summed E-state index contributed by atoms with van der Waals surface area (Å²) in [7, 11) is 3.45. The van der Waals surface area contributed by atoms with E-state index in [4.69, 9.17) is 0 Å². The molecule has 1 saturated heterocycles. The van der Waals surface area contributed by atoms with Gasteiger partial charge in [-0.25, -0.2) is 14.2 Å². The first-order valence-electron chi connectivity index (χ1n) is 9.42. The molecule has 3 aromatic rings. The van der Waals surface area contributed by atoms with E-state index >= 15 is 0 Å². The van der Waals surface area contributed by atoms with Crippen molar-refractivity contribution in [1.29, 1.82) is 0 Å². The summed E-state index contributed by atoms with van der Waals surface area (Å²) < 4.78 is 15.2. The maximum Gasteiger partial charge on any atom is 0.319 e. The van der Waals surface area contributed by atoms with Crippen LogP contribution in [0.25, 0.3) is 16.2 Å². The molecule has 2 aromatic heterocycles. The maximum atomic E-state index is 13.3. The number of benzene rings is 1. The van der Waals surface area contributed by atoms with E-state index in [-0.39, 0.29) is 23.7 Å². The van der Waals surface area contributed by atoms with Gasteiger partial charge in [-0.3, -0.25) is 9.20 Å². The number of urea groups is 1. The fourth-order valence-electron chi connectivity index (χ4n) is 3.55. The van der Waals surface area contributed by atoms with Crippen LogP contribution < -0.4 is 5.32 Å². The lowest BCUT2D eigenvalue weighted by Crippen LogP contribution is -2.45. The number of amides is 3. The van der Waals surface area contributed by atoms with Gasteiger partial charge in [-0.05, 0) is 37.1 Å². The number of fused-ring (bicyclic) bond motifs is 1. The molecule has 0 bridgehead atoms. The Morgan fingerprint density at radius 2 is 1.90 bits per heavy atom. The number of rotatable bonds is 3. The molecule has 9 heteroatoms. The molecule has 152 valence electrons. The lowest BCUT2D eigenvalue weighted by Gasteiger charge is -2.33. The molecule has 0 atom stereocenters. The predicted octanol–water partition coefficient (Wildman–Crippen LogP) is 3.53. The van der Waals surface area contributed by atoms with Crippen LogP contribution in [-0.2, 0) is 4.79 Å². The van der Waals surface area contributed by atoms with Crippen LogP contribution in [0, 0.1) is 11.7 Å². The first-order valence-corrected chi connectivity index (χ1v) is 10.3. The number of hydrogen-bond acceptors (Lipinski definition) is 4. The summed E-state index contributed by atoms with van der Waals surface area (Å²) in [6.45, 7) is 1.11. The molecule has 3 heterocycles. The lowest BCUT2D eigenvalue weighted by atomic mass is 9.96. The van der Waals surface area contributed by atoms with Crippen LogP contribution in [-0.4, -0.2) is 58.3 Å². The molecule has 1 aliphatic rings. The molecule has 7 nitrogen and oxygen atoms in total. The minimum Gasteiger partial charge on any atom is -0.331 e. The molecule has 1 aromatic carbocycles. The maximum absolute atomic E-state index is 13.3. The molecule has 3 amide bonds. The van der Waals surface area contributed by atoms with Gasteiger partial charge < -0.3 is 15.1 Å². The average molecular weight is 415 g/mol. The van der Waals surface area contributed by atoms with Crippen molar-refractivity contribution in [2.75, 3.05) is 32.5 Å². The number of likely N-dealkylation sites (tertiary alicyclic amines) is 1. The Morgan fingerprint density at radius 3 is 2.55 bits per heavy atom. The Hall–Kier alpha value is -2.94. The van der Waals surface area contributed by atoms with Crippen molar-refractivity contribution in [2.45, 2.75) is 12.8 Å². The van der Waals surface area contributed by atoms with Gasteiger partial charge in [-0.2, -0.15) is 0 Å².